The summed E-state index contributed by atoms with van der Waals surface area (Å²) >= 11 is 0. The Labute approximate surface area is 146 Å². The summed E-state index contributed by atoms with van der Waals surface area (Å²) in [6, 6.07) is 2.76. The third-order valence-electron chi connectivity index (χ3n) is 4.11. The Bertz CT molecular complexity index is 1000. The van der Waals surface area contributed by atoms with Crippen LogP contribution in [0, 0.1) is 17.0 Å². The maximum Gasteiger partial charge on any atom is 0.301 e. The molecule has 0 aliphatic carbocycles. The molecular formula is C16H14N4O6. The maximum absolute atomic E-state index is 11.1. The predicted molar refractivity (Wildman–Crippen MR) is 86.5 cm³/mol. The highest BCUT2D eigenvalue weighted by molar-refractivity contribution is 5.88. The van der Waals surface area contributed by atoms with Gasteiger partial charge in [0.15, 0.2) is 23.3 Å². The van der Waals surface area contributed by atoms with E-state index in [1.807, 2.05) is 6.92 Å². The van der Waals surface area contributed by atoms with Crippen LogP contribution in [0.4, 0.5) is 5.69 Å². The van der Waals surface area contributed by atoms with E-state index in [4.69, 9.17) is 14.2 Å². The van der Waals surface area contributed by atoms with E-state index >= 15 is 0 Å². The van der Waals surface area contributed by atoms with Crippen molar-refractivity contribution in [2.24, 2.45) is 0 Å². The van der Waals surface area contributed by atoms with Crippen LogP contribution in [0.2, 0.25) is 0 Å². The molecule has 1 aliphatic heterocycles. The van der Waals surface area contributed by atoms with E-state index in [0.717, 1.165) is 11.1 Å². The standard InChI is InChI=1S/C16H14N4O6/c1-8-16(11-7-24-9(2)23-6-10(11)5-17-8)25-13-4-3-12(20(21)22)14-15(13)19-26-18-14/h3-5,9H,6-7H2,1-2H3/t9-/m0/s1. The topological polar surface area (TPSA) is 123 Å². The van der Waals surface area contributed by atoms with Gasteiger partial charge in [0.25, 0.3) is 0 Å². The number of aryl methyl sites for hydroxylation is 1. The number of pyridine rings is 1. The van der Waals surface area contributed by atoms with Crippen molar-refractivity contribution in [2.45, 2.75) is 33.4 Å². The first-order valence-corrected chi connectivity index (χ1v) is 7.82. The Kier molecular flexibility index (Phi) is 3.98. The van der Waals surface area contributed by atoms with Crippen molar-refractivity contribution in [1.82, 2.24) is 15.3 Å². The third kappa shape index (κ3) is 2.74. The fourth-order valence-corrected chi connectivity index (χ4v) is 2.72. The SMILES string of the molecule is Cc1ncc2c(c1Oc1ccc([N+](=O)[O-])c3nonc13)CO[C@@H](C)OC2. The summed E-state index contributed by atoms with van der Waals surface area (Å²) in [6.45, 7) is 4.26. The summed E-state index contributed by atoms with van der Waals surface area (Å²) in [5.41, 5.74) is 2.28. The first-order chi connectivity index (χ1) is 12.5. The molecule has 0 saturated carbocycles. The van der Waals surface area contributed by atoms with Crippen LogP contribution >= 0.6 is 0 Å². The van der Waals surface area contributed by atoms with Gasteiger partial charge in [0, 0.05) is 23.4 Å². The van der Waals surface area contributed by atoms with Crippen molar-refractivity contribution in [1.29, 1.82) is 0 Å². The van der Waals surface area contributed by atoms with Crippen molar-refractivity contribution in [3.05, 3.63) is 45.3 Å². The zero-order valence-corrected chi connectivity index (χ0v) is 14.0. The second kappa shape index (κ2) is 6.32. The molecule has 10 nitrogen and oxygen atoms in total. The smallest absolute Gasteiger partial charge is 0.301 e. The van der Waals surface area contributed by atoms with E-state index in [-0.39, 0.29) is 28.8 Å². The fourth-order valence-electron chi connectivity index (χ4n) is 2.72. The maximum atomic E-state index is 11.1. The summed E-state index contributed by atoms with van der Waals surface area (Å²) in [5, 5.41) is 18.5. The average molecular weight is 358 g/mol. The molecule has 0 N–H and O–H groups in total. The Morgan fingerprint density at radius 1 is 1.23 bits per heavy atom. The second-order valence-corrected chi connectivity index (χ2v) is 5.77. The summed E-state index contributed by atoms with van der Waals surface area (Å²) in [7, 11) is 0. The number of benzene rings is 1. The van der Waals surface area contributed by atoms with Crippen LogP contribution in [0.1, 0.15) is 23.7 Å². The molecule has 0 bridgehead atoms. The molecule has 0 saturated heterocycles. The van der Waals surface area contributed by atoms with Crippen molar-refractivity contribution in [2.75, 3.05) is 0 Å². The minimum Gasteiger partial charge on any atom is -0.453 e. The van der Waals surface area contributed by atoms with Gasteiger partial charge in [-0.3, -0.25) is 15.1 Å². The Balaban J connectivity index is 1.79. The van der Waals surface area contributed by atoms with Crippen molar-refractivity contribution in [3.8, 4) is 11.5 Å². The minimum atomic E-state index is -0.551. The molecule has 0 fully saturated rings. The first-order valence-electron chi connectivity index (χ1n) is 7.82. The van der Waals surface area contributed by atoms with Gasteiger partial charge in [-0.1, -0.05) is 0 Å². The Morgan fingerprint density at radius 3 is 2.81 bits per heavy atom. The lowest BCUT2D eigenvalue weighted by atomic mass is 10.1. The molecule has 0 spiro atoms. The molecule has 0 radical (unpaired) electrons. The monoisotopic (exact) mass is 358 g/mol. The van der Waals surface area contributed by atoms with Crippen LogP contribution in [0.15, 0.2) is 23.0 Å². The number of nitro benzene ring substituents is 1. The van der Waals surface area contributed by atoms with E-state index in [2.05, 4.69) is 19.9 Å². The van der Waals surface area contributed by atoms with Crippen molar-refractivity contribution < 1.29 is 23.8 Å². The number of aromatic nitrogens is 3. The Morgan fingerprint density at radius 2 is 2.00 bits per heavy atom. The normalized spacial score (nSPS) is 16.9. The number of non-ortho nitro benzene ring substituents is 1. The van der Waals surface area contributed by atoms with Gasteiger partial charge in [-0.25, -0.2) is 4.63 Å². The summed E-state index contributed by atoms with van der Waals surface area (Å²) in [4.78, 5) is 14.9. The molecule has 1 aliphatic rings. The first kappa shape index (κ1) is 16.4. The van der Waals surface area contributed by atoms with Crippen molar-refractivity contribution >= 4 is 16.7 Å². The van der Waals surface area contributed by atoms with Gasteiger partial charge in [-0.15, -0.1) is 0 Å². The van der Waals surface area contributed by atoms with Gasteiger partial charge in [0.1, 0.15) is 0 Å². The van der Waals surface area contributed by atoms with E-state index in [1.165, 1.54) is 12.1 Å². The van der Waals surface area contributed by atoms with Gasteiger partial charge >= 0.3 is 5.69 Å². The van der Waals surface area contributed by atoms with Crippen LogP contribution in [-0.2, 0) is 22.7 Å². The second-order valence-electron chi connectivity index (χ2n) is 5.77. The van der Waals surface area contributed by atoms with Crippen LogP contribution in [0.25, 0.3) is 11.0 Å². The fraction of sp³-hybridized carbons (Fsp3) is 0.312. The van der Waals surface area contributed by atoms with Crippen LogP contribution in [0.3, 0.4) is 0 Å². The largest absolute Gasteiger partial charge is 0.453 e. The van der Waals surface area contributed by atoms with Crippen LogP contribution < -0.4 is 4.74 Å². The summed E-state index contributed by atoms with van der Waals surface area (Å²) < 4.78 is 21.9. The molecule has 4 rings (SSSR count). The van der Waals surface area contributed by atoms with E-state index in [1.54, 1.807) is 13.1 Å². The van der Waals surface area contributed by atoms with Gasteiger partial charge in [-0.05, 0) is 30.2 Å². The highest BCUT2D eigenvalue weighted by atomic mass is 16.7. The highest BCUT2D eigenvalue weighted by Crippen LogP contribution is 2.37. The van der Waals surface area contributed by atoms with E-state index in [0.29, 0.717) is 24.7 Å². The van der Waals surface area contributed by atoms with Crippen LogP contribution in [-0.4, -0.2) is 26.5 Å². The number of nitrogens with zero attached hydrogens (tertiary/aromatic N) is 4. The Hall–Kier alpha value is -3.11. The molecule has 1 aromatic carbocycles. The number of hydrogen-bond donors (Lipinski definition) is 0. The summed E-state index contributed by atoms with van der Waals surface area (Å²) in [6.07, 6.45) is 1.38. The van der Waals surface area contributed by atoms with Gasteiger partial charge < -0.3 is 14.2 Å². The third-order valence-corrected chi connectivity index (χ3v) is 4.11. The lowest BCUT2D eigenvalue weighted by molar-refractivity contribution is -0.383. The molecule has 2 aromatic heterocycles. The molecular weight excluding hydrogens is 344 g/mol. The average Bonchev–Trinajstić information content (AvgIpc) is 3.03. The molecule has 0 unspecified atom stereocenters. The van der Waals surface area contributed by atoms with Crippen molar-refractivity contribution in [3.63, 3.8) is 0 Å². The molecule has 10 heteroatoms. The molecule has 3 heterocycles. The lowest BCUT2D eigenvalue weighted by Crippen LogP contribution is -2.08. The van der Waals surface area contributed by atoms with Gasteiger partial charge in [0.2, 0.25) is 5.52 Å². The predicted octanol–water partition coefficient (Wildman–Crippen LogP) is 3.02. The minimum absolute atomic E-state index is 0.0216. The lowest BCUT2D eigenvalue weighted by Gasteiger charge is -2.14. The zero-order valence-electron chi connectivity index (χ0n) is 14.0. The zero-order chi connectivity index (χ0) is 18.3. The van der Waals surface area contributed by atoms with E-state index < -0.39 is 4.92 Å². The summed E-state index contributed by atoms with van der Waals surface area (Å²) in [5.74, 6) is 0.779. The highest BCUT2D eigenvalue weighted by Gasteiger charge is 2.24. The van der Waals surface area contributed by atoms with Gasteiger partial charge in [-0.2, -0.15) is 0 Å². The number of ether oxygens (including phenoxy) is 3. The molecule has 0 amide bonds. The quantitative estimate of drug-likeness (QED) is 0.513. The number of rotatable bonds is 3. The number of fused-ring (bicyclic) bond motifs is 2. The van der Waals surface area contributed by atoms with Gasteiger partial charge in [0.05, 0.1) is 23.8 Å². The molecule has 3 aromatic rings. The molecule has 134 valence electrons. The number of nitro groups is 1. The number of hydrogen-bond acceptors (Lipinski definition) is 9. The molecule has 26 heavy (non-hydrogen) atoms. The van der Waals surface area contributed by atoms with Crippen LogP contribution in [0.5, 0.6) is 11.5 Å². The van der Waals surface area contributed by atoms with E-state index in [9.17, 15) is 10.1 Å². The molecule has 1 atom stereocenters.